The summed E-state index contributed by atoms with van der Waals surface area (Å²) in [5.74, 6) is -1.01. The number of amides is 1. The molecule has 1 aliphatic heterocycles. The summed E-state index contributed by atoms with van der Waals surface area (Å²) < 4.78 is 13.8. The molecule has 1 saturated heterocycles. The van der Waals surface area contributed by atoms with Gasteiger partial charge in [-0.3, -0.25) is 4.79 Å². The fourth-order valence-electron chi connectivity index (χ4n) is 2.48. The molecule has 1 unspecified atom stereocenters. The predicted molar refractivity (Wildman–Crippen MR) is 73.8 cm³/mol. The molecule has 1 amide bonds. The number of primary amides is 1. The summed E-state index contributed by atoms with van der Waals surface area (Å²) >= 11 is 0. The normalized spacial score (nSPS) is 20.3. The largest absolute Gasteiger partial charge is 0.381 e. The van der Waals surface area contributed by atoms with Crippen molar-refractivity contribution in [2.75, 3.05) is 25.5 Å². The van der Waals surface area contributed by atoms with Crippen molar-refractivity contribution in [3.8, 4) is 0 Å². The Balaban J connectivity index is 2.21. The molecule has 5 heteroatoms. The molecule has 4 nitrogen and oxygen atoms in total. The monoisotopic (exact) mass is 265 g/mol. The van der Waals surface area contributed by atoms with Gasteiger partial charge in [0, 0.05) is 29.4 Å². The highest BCUT2D eigenvalue weighted by atomic mass is 19.1. The number of nitrogens with zero attached hydrogens (tertiary/aromatic N) is 1. The van der Waals surface area contributed by atoms with E-state index in [0.29, 0.717) is 11.3 Å². The molecule has 0 aliphatic carbocycles. The van der Waals surface area contributed by atoms with Crippen LogP contribution in [-0.2, 0) is 0 Å². The maximum atomic E-state index is 13.8. The molecule has 1 heterocycles. The molecule has 104 valence electrons. The van der Waals surface area contributed by atoms with Crippen LogP contribution in [0.5, 0.6) is 0 Å². The van der Waals surface area contributed by atoms with Crippen LogP contribution in [0.4, 0.5) is 10.1 Å². The lowest BCUT2D eigenvalue weighted by atomic mass is 10.0. The van der Waals surface area contributed by atoms with E-state index in [0.717, 1.165) is 25.9 Å². The highest BCUT2D eigenvalue weighted by Crippen LogP contribution is 2.23. The molecule has 0 radical (unpaired) electrons. The molecule has 1 atom stereocenters. The number of nitrogens with two attached hydrogens (primary N) is 1. The zero-order valence-corrected chi connectivity index (χ0v) is 11.4. The molecule has 0 spiro atoms. The summed E-state index contributed by atoms with van der Waals surface area (Å²) in [5.41, 5.74) is 6.61. The number of anilines is 1. The standard InChI is InChI=1S/C14H20FN3O/c1-9-12(15)6-10(14(16)19)7-13(9)17-11-4-3-5-18(2)8-11/h6-7,11,17H,3-5,8H2,1-2H3,(H2,16,19). The van der Waals surface area contributed by atoms with Gasteiger partial charge in [-0.2, -0.15) is 0 Å². The minimum Gasteiger partial charge on any atom is -0.381 e. The smallest absolute Gasteiger partial charge is 0.248 e. The van der Waals surface area contributed by atoms with Crippen LogP contribution in [0.1, 0.15) is 28.8 Å². The van der Waals surface area contributed by atoms with Crippen LogP contribution in [-0.4, -0.2) is 37.0 Å². The quantitative estimate of drug-likeness (QED) is 0.875. The van der Waals surface area contributed by atoms with Crippen molar-refractivity contribution < 1.29 is 9.18 Å². The third-order valence-electron chi connectivity index (χ3n) is 3.61. The number of hydrogen-bond donors (Lipinski definition) is 2. The summed E-state index contributed by atoms with van der Waals surface area (Å²) in [5, 5.41) is 3.33. The number of hydrogen-bond acceptors (Lipinski definition) is 3. The lowest BCUT2D eigenvalue weighted by Gasteiger charge is -2.31. The molecule has 0 bridgehead atoms. The first-order chi connectivity index (χ1) is 8.97. The first kappa shape index (κ1) is 13.8. The Morgan fingerprint density at radius 1 is 1.53 bits per heavy atom. The van der Waals surface area contributed by atoms with Gasteiger partial charge in [0.1, 0.15) is 5.82 Å². The second-order valence-electron chi connectivity index (χ2n) is 5.24. The Hall–Kier alpha value is -1.62. The van der Waals surface area contributed by atoms with Gasteiger partial charge < -0.3 is 16.0 Å². The van der Waals surface area contributed by atoms with Gasteiger partial charge in [0.15, 0.2) is 0 Å². The molecular weight excluding hydrogens is 245 g/mol. The number of halogens is 1. The van der Waals surface area contributed by atoms with Crippen LogP contribution in [0.15, 0.2) is 12.1 Å². The van der Waals surface area contributed by atoms with Crippen molar-refractivity contribution in [2.45, 2.75) is 25.8 Å². The number of rotatable bonds is 3. The third-order valence-corrected chi connectivity index (χ3v) is 3.61. The van der Waals surface area contributed by atoms with Crippen molar-refractivity contribution >= 4 is 11.6 Å². The summed E-state index contributed by atoms with van der Waals surface area (Å²) in [4.78, 5) is 13.4. The van der Waals surface area contributed by atoms with Crippen LogP contribution in [0.2, 0.25) is 0 Å². The van der Waals surface area contributed by atoms with Crippen molar-refractivity contribution in [1.82, 2.24) is 4.90 Å². The van der Waals surface area contributed by atoms with Crippen molar-refractivity contribution in [2.24, 2.45) is 5.73 Å². The number of benzene rings is 1. The summed E-state index contributed by atoms with van der Waals surface area (Å²) in [6.45, 7) is 3.71. The molecule has 0 aromatic heterocycles. The molecule has 1 aromatic carbocycles. The van der Waals surface area contributed by atoms with E-state index in [1.807, 2.05) is 0 Å². The van der Waals surface area contributed by atoms with Gasteiger partial charge in [-0.15, -0.1) is 0 Å². The van der Waals surface area contributed by atoms with E-state index >= 15 is 0 Å². The summed E-state index contributed by atoms with van der Waals surface area (Å²) in [7, 11) is 2.07. The minimum atomic E-state index is -0.609. The van der Waals surface area contributed by atoms with Gasteiger partial charge in [0.2, 0.25) is 5.91 Å². The van der Waals surface area contributed by atoms with E-state index in [4.69, 9.17) is 5.73 Å². The van der Waals surface area contributed by atoms with Crippen molar-refractivity contribution in [3.05, 3.63) is 29.1 Å². The molecular formula is C14H20FN3O. The van der Waals surface area contributed by atoms with Gasteiger partial charge in [-0.05, 0) is 45.5 Å². The number of carbonyl (C=O) groups excluding carboxylic acids is 1. The second kappa shape index (κ2) is 5.57. The average Bonchev–Trinajstić information content (AvgIpc) is 2.34. The molecule has 1 aliphatic rings. The van der Waals surface area contributed by atoms with Crippen molar-refractivity contribution in [1.29, 1.82) is 0 Å². The van der Waals surface area contributed by atoms with Crippen LogP contribution in [0, 0.1) is 12.7 Å². The first-order valence-corrected chi connectivity index (χ1v) is 6.52. The topological polar surface area (TPSA) is 58.4 Å². The maximum absolute atomic E-state index is 13.8. The Morgan fingerprint density at radius 3 is 2.89 bits per heavy atom. The number of likely N-dealkylation sites (tertiary alicyclic amines) is 1. The van der Waals surface area contributed by atoms with Gasteiger partial charge in [0.25, 0.3) is 0 Å². The fraction of sp³-hybridized carbons (Fsp3) is 0.500. The fourth-order valence-corrected chi connectivity index (χ4v) is 2.48. The Kier molecular flexibility index (Phi) is 4.04. The van der Waals surface area contributed by atoms with E-state index in [1.165, 1.54) is 6.07 Å². The summed E-state index contributed by atoms with van der Waals surface area (Å²) in [6, 6.07) is 3.10. The van der Waals surface area contributed by atoms with Crippen LogP contribution in [0.3, 0.4) is 0 Å². The minimum absolute atomic E-state index is 0.203. The molecule has 19 heavy (non-hydrogen) atoms. The van der Waals surface area contributed by atoms with Crippen LogP contribution in [0.25, 0.3) is 0 Å². The Labute approximate surface area is 112 Å². The number of nitrogens with one attached hydrogen (secondary N) is 1. The number of carbonyl (C=O) groups is 1. The van der Waals surface area contributed by atoms with Crippen molar-refractivity contribution in [3.63, 3.8) is 0 Å². The number of piperidine rings is 1. The highest BCUT2D eigenvalue weighted by molar-refractivity contribution is 5.94. The highest BCUT2D eigenvalue weighted by Gasteiger charge is 2.19. The number of likely N-dealkylation sites (N-methyl/N-ethyl adjacent to an activating group) is 1. The van der Waals surface area contributed by atoms with Crippen LogP contribution < -0.4 is 11.1 Å². The molecule has 1 fully saturated rings. The Morgan fingerprint density at radius 2 is 2.26 bits per heavy atom. The van der Waals surface area contributed by atoms with Gasteiger partial charge in [-0.1, -0.05) is 0 Å². The predicted octanol–water partition coefficient (Wildman–Crippen LogP) is 1.74. The lowest BCUT2D eigenvalue weighted by molar-refractivity contribution is 0.1000. The molecule has 0 saturated carbocycles. The molecule has 1 aromatic rings. The van der Waals surface area contributed by atoms with Gasteiger partial charge >= 0.3 is 0 Å². The van der Waals surface area contributed by atoms with E-state index in [-0.39, 0.29) is 11.6 Å². The SMILES string of the molecule is Cc1c(F)cc(C(N)=O)cc1NC1CCCN(C)C1. The van der Waals surface area contributed by atoms with E-state index in [2.05, 4.69) is 17.3 Å². The first-order valence-electron chi connectivity index (χ1n) is 6.52. The van der Waals surface area contributed by atoms with E-state index < -0.39 is 11.7 Å². The molecule has 2 rings (SSSR count). The van der Waals surface area contributed by atoms with Crippen LogP contribution >= 0.6 is 0 Å². The Bertz CT molecular complexity index is 490. The third kappa shape index (κ3) is 3.23. The lowest BCUT2D eigenvalue weighted by Crippen LogP contribution is -2.39. The maximum Gasteiger partial charge on any atom is 0.248 e. The zero-order chi connectivity index (χ0) is 14.0. The second-order valence-corrected chi connectivity index (χ2v) is 5.24. The average molecular weight is 265 g/mol. The van der Waals surface area contributed by atoms with Gasteiger partial charge in [-0.25, -0.2) is 4.39 Å². The van der Waals surface area contributed by atoms with E-state index in [1.54, 1.807) is 13.0 Å². The van der Waals surface area contributed by atoms with E-state index in [9.17, 15) is 9.18 Å². The molecule has 3 N–H and O–H groups in total. The zero-order valence-electron chi connectivity index (χ0n) is 11.4. The van der Waals surface area contributed by atoms with Gasteiger partial charge in [0.05, 0.1) is 0 Å². The summed E-state index contributed by atoms with van der Waals surface area (Å²) in [6.07, 6.45) is 2.16.